The largest absolute Gasteiger partial charge is 0.465 e. The maximum Gasteiger partial charge on any atom is 0.338 e. The molecule has 114 valence electrons. The Morgan fingerprint density at radius 1 is 1.00 bits per heavy atom. The van der Waals surface area contributed by atoms with Crippen LogP contribution < -0.4 is 0 Å². The van der Waals surface area contributed by atoms with Crippen molar-refractivity contribution in [3.8, 4) is 0 Å². The van der Waals surface area contributed by atoms with E-state index in [9.17, 15) is 4.79 Å². The lowest BCUT2D eigenvalue weighted by Crippen LogP contribution is -2.41. The van der Waals surface area contributed by atoms with Gasteiger partial charge in [-0.2, -0.15) is 0 Å². The number of unbranched alkanes of at least 4 members (excludes halogenated alkanes) is 3. The van der Waals surface area contributed by atoms with Gasteiger partial charge in [0.05, 0.1) is 6.61 Å². The minimum atomic E-state index is -2.04. The molecule has 0 aromatic rings. The van der Waals surface area contributed by atoms with Crippen molar-refractivity contribution in [2.45, 2.75) is 65.3 Å². The second-order valence-electron chi connectivity index (χ2n) is 5.16. The normalized spacial score (nSPS) is 11.9. The first-order valence-corrected chi connectivity index (χ1v) is 8.93. The summed E-state index contributed by atoms with van der Waals surface area (Å²) in [7, 11) is -2.04. The molecular weight excluding hydrogens is 260 g/mol. The third kappa shape index (κ3) is 7.08. The fraction of sp³-hybridized carbons (Fsp3) is 0.929. The Labute approximate surface area is 119 Å². The van der Waals surface area contributed by atoms with Crippen LogP contribution in [0, 0.1) is 0 Å². The molecule has 0 saturated carbocycles. The van der Waals surface area contributed by atoms with Crippen molar-refractivity contribution in [3.63, 3.8) is 0 Å². The monoisotopic (exact) mass is 290 g/mol. The average Bonchev–Trinajstić information content (AvgIpc) is 2.38. The van der Waals surface area contributed by atoms with E-state index >= 15 is 0 Å². The Morgan fingerprint density at radius 2 is 1.58 bits per heavy atom. The van der Waals surface area contributed by atoms with E-state index in [0.29, 0.717) is 19.8 Å². The third-order valence-corrected chi connectivity index (χ3v) is 5.67. The highest BCUT2D eigenvalue weighted by Gasteiger charge is 2.42. The topological polar surface area (TPSA) is 44.8 Å². The number of rotatable bonds is 11. The van der Waals surface area contributed by atoms with Gasteiger partial charge in [-0.05, 0) is 34.1 Å². The van der Waals surface area contributed by atoms with Gasteiger partial charge in [-0.3, -0.25) is 4.79 Å². The predicted octanol–water partition coefficient (Wildman–Crippen LogP) is 3.18. The molecule has 0 bridgehead atoms. The van der Waals surface area contributed by atoms with Crippen LogP contribution in [0.1, 0.15) is 60.3 Å². The van der Waals surface area contributed by atoms with Gasteiger partial charge >= 0.3 is 15.3 Å². The summed E-state index contributed by atoms with van der Waals surface area (Å²) < 4.78 is 16.6. The summed E-state index contributed by atoms with van der Waals surface area (Å²) in [6.07, 6.45) is 4.42. The van der Waals surface area contributed by atoms with Crippen LogP contribution in [0.5, 0.6) is 0 Å². The summed E-state index contributed by atoms with van der Waals surface area (Å²) in [5, 5.41) is -0.642. The minimum Gasteiger partial charge on any atom is -0.465 e. The second-order valence-corrected chi connectivity index (χ2v) is 7.93. The number of esters is 1. The number of hydrogen-bond donors (Lipinski definition) is 0. The molecule has 0 amide bonds. The molecule has 0 atom stereocenters. The second kappa shape index (κ2) is 10.4. The molecule has 19 heavy (non-hydrogen) atoms. The SMILES string of the molecule is CCCCCCOC(=O)C(C)(C)[SiH](OCC)OCC. The minimum absolute atomic E-state index is 0.192. The molecule has 0 fully saturated rings. The van der Waals surface area contributed by atoms with E-state index in [4.69, 9.17) is 13.6 Å². The highest BCUT2D eigenvalue weighted by molar-refractivity contribution is 6.54. The molecule has 0 aliphatic carbocycles. The molecule has 0 heterocycles. The van der Waals surface area contributed by atoms with Crippen LogP contribution in [-0.2, 0) is 18.4 Å². The molecule has 4 nitrogen and oxygen atoms in total. The highest BCUT2D eigenvalue weighted by atomic mass is 28.3. The molecule has 0 spiro atoms. The quantitative estimate of drug-likeness (QED) is 0.333. The van der Waals surface area contributed by atoms with Gasteiger partial charge < -0.3 is 13.6 Å². The van der Waals surface area contributed by atoms with E-state index in [1.807, 2.05) is 27.7 Å². The van der Waals surface area contributed by atoms with Crippen LogP contribution in [-0.4, -0.2) is 35.1 Å². The van der Waals surface area contributed by atoms with Gasteiger partial charge in [-0.15, -0.1) is 0 Å². The maximum atomic E-state index is 12.1. The summed E-state index contributed by atoms with van der Waals surface area (Å²) >= 11 is 0. The van der Waals surface area contributed by atoms with Gasteiger partial charge in [0.15, 0.2) is 0 Å². The molecule has 0 N–H and O–H groups in total. The average molecular weight is 290 g/mol. The summed E-state index contributed by atoms with van der Waals surface area (Å²) in [5.41, 5.74) is 0. The maximum absolute atomic E-state index is 12.1. The zero-order chi connectivity index (χ0) is 14.7. The lowest BCUT2D eigenvalue weighted by molar-refractivity contribution is -0.147. The Balaban J connectivity index is 4.22. The van der Waals surface area contributed by atoms with Crippen molar-refractivity contribution in [1.82, 2.24) is 0 Å². The molecule has 0 aromatic heterocycles. The molecule has 0 aliphatic heterocycles. The van der Waals surface area contributed by atoms with Crippen molar-refractivity contribution < 1.29 is 18.4 Å². The molecular formula is C14H30O4Si. The van der Waals surface area contributed by atoms with Crippen molar-refractivity contribution in [1.29, 1.82) is 0 Å². The van der Waals surface area contributed by atoms with E-state index in [0.717, 1.165) is 12.8 Å². The van der Waals surface area contributed by atoms with E-state index in [-0.39, 0.29) is 5.97 Å². The molecule has 0 rings (SSSR count). The van der Waals surface area contributed by atoms with E-state index in [1.54, 1.807) is 0 Å². The lowest BCUT2D eigenvalue weighted by atomic mass is 10.2. The number of hydrogen-bond acceptors (Lipinski definition) is 4. The Bertz CT molecular complexity index is 238. The van der Waals surface area contributed by atoms with Crippen molar-refractivity contribution >= 4 is 15.3 Å². The number of carbonyl (C=O) groups is 1. The smallest absolute Gasteiger partial charge is 0.338 e. The van der Waals surface area contributed by atoms with Crippen LogP contribution >= 0.6 is 0 Å². The third-order valence-electron chi connectivity index (χ3n) is 2.98. The van der Waals surface area contributed by atoms with Gasteiger partial charge in [-0.25, -0.2) is 0 Å². The molecule has 0 unspecified atom stereocenters. The van der Waals surface area contributed by atoms with Crippen LogP contribution in [0.2, 0.25) is 5.04 Å². The first-order valence-electron chi connectivity index (χ1n) is 7.41. The zero-order valence-corrected chi connectivity index (χ0v) is 14.3. The van der Waals surface area contributed by atoms with Gasteiger partial charge in [0.25, 0.3) is 0 Å². The van der Waals surface area contributed by atoms with Gasteiger partial charge in [-0.1, -0.05) is 26.2 Å². The number of carbonyl (C=O) groups excluding carboxylic acids is 1. The van der Waals surface area contributed by atoms with Crippen molar-refractivity contribution in [3.05, 3.63) is 0 Å². The Hall–Kier alpha value is -0.393. The van der Waals surface area contributed by atoms with Gasteiger partial charge in [0.1, 0.15) is 5.04 Å². The Kier molecular flexibility index (Phi) is 10.2. The predicted molar refractivity (Wildman–Crippen MR) is 79.5 cm³/mol. The van der Waals surface area contributed by atoms with E-state index < -0.39 is 14.3 Å². The van der Waals surface area contributed by atoms with Gasteiger partial charge in [0.2, 0.25) is 0 Å². The highest BCUT2D eigenvalue weighted by Crippen LogP contribution is 2.31. The van der Waals surface area contributed by atoms with E-state index in [1.165, 1.54) is 12.8 Å². The molecule has 0 saturated heterocycles. The summed E-state index contributed by atoms with van der Waals surface area (Å²) in [5.74, 6) is -0.192. The lowest BCUT2D eigenvalue weighted by Gasteiger charge is -2.29. The van der Waals surface area contributed by atoms with Crippen molar-refractivity contribution in [2.75, 3.05) is 19.8 Å². The summed E-state index contributed by atoms with van der Waals surface area (Å²) in [4.78, 5) is 12.1. The molecule has 0 aromatic carbocycles. The fourth-order valence-electron chi connectivity index (χ4n) is 1.74. The first kappa shape index (κ1) is 18.6. The molecule has 0 aliphatic rings. The zero-order valence-electron chi connectivity index (χ0n) is 13.2. The van der Waals surface area contributed by atoms with E-state index in [2.05, 4.69) is 6.92 Å². The summed E-state index contributed by atoms with van der Waals surface area (Å²) in [6, 6.07) is 0. The number of ether oxygens (including phenoxy) is 1. The van der Waals surface area contributed by atoms with Gasteiger partial charge in [0, 0.05) is 13.2 Å². The standard InChI is InChI=1S/C14H30O4Si/c1-6-9-10-11-12-16-13(15)14(4,5)19(17-7-2)18-8-3/h19H,6-12H2,1-5H3. The van der Waals surface area contributed by atoms with Crippen LogP contribution in [0.25, 0.3) is 0 Å². The van der Waals surface area contributed by atoms with Crippen LogP contribution in [0.3, 0.4) is 0 Å². The van der Waals surface area contributed by atoms with Crippen LogP contribution in [0.4, 0.5) is 0 Å². The summed E-state index contributed by atoms with van der Waals surface area (Å²) in [6.45, 7) is 11.4. The molecule has 0 radical (unpaired) electrons. The molecule has 5 heteroatoms. The Morgan fingerprint density at radius 3 is 2.05 bits per heavy atom. The van der Waals surface area contributed by atoms with Crippen molar-refractivity contribution in [2.24, 2.45) is 0 Å². The van der Waals surface area contributed by atoms with Crippen LogP contribution in [0.15, 0.2) is 0 Å². The fourth-order valence-corrected chi connectivity index (χ4v) is 3.55. The first-order chi connectivity index (χ1) is 9.00.